The van der Waals surface area contributed by atoms with Crippen molar-refractivity contribution >= 4 is 15.7 Å². The van der Waals surface area contributed by atoms with Crippen molar-refractivity contribution < 1.29 is 17.6 Å². The Kier molecular flexibility index (Phi) is 4.41. The van der Waals surface area contributed by atoms with Gasteiger partial charge in [0.1, 0.15) is 5.82 Å². The molecule has 0 spiro atoms. The number of benzene rings is 2. The van der Waals surface area contributed by atoms with Gasteiger partial charge >= 0.3 is 0 Å². The summed E-state index contributed by atoms with van der Waals surface area (Å²) in [7, 11) is -1.51. The molecule has 0 saturated carbocycles. The van der Waals surface area contributed by atoms with Crippen LogP contribution >= 0.6 is 0 Å². The molecule has 1 aliphatic heterocycles. The van der Waals surface area contributed by atoms with E-state index >= 15 is 0 Å². The monoisotopic (exact) mass is 347 g/mol. The van der Waals surface area contributed by atoms with Gasteiger partial charge < -0.3 is 4.90 Å². The van der Waals surface area contributed by atoms with Gasteiger partial charge in [0.25, 0.3) is 5.91 Å². The summed E-state index contributed by atoms with van der Waals surface area (Å²) >= 11 is 0. The normalized spacial score (nSPS) is 19.2. The number of nitrogens with zero attached hydrogens (tertiary/aromatic N) is 1. The highest BCUT2D eigenvalue weighted by Gasteiger charge is 2.33. The first kappa shape index (κ1) is 16.6. The molecule has 1 amide bonds. The summed E-state index contributed by atoms with van der Waals surface area (Å²) in [5, 5.41) is 0. The smallest absolute Gasteiger partial charge is 0.254 e. The molecule has 0 N–H and O–H groups in total. The number of amides is 1. The molecular formula is C18H18FNO3S. The Labute approximate surface area is 140 Å². The number of carbonyl (C=O) groups is 1. The largest absolute Gasteiger partial charge is 0.338 e. The second-order valence-corrected chi connectivity index (χ2v) is 8.30. The third-order valence-corrected chi connectivity index (χ3v) is 6.08. The van der Waals surface area contributed by atoms with Crippen LogP contribution in [0.25, 0.3) is 11.1 Å². The van der Waals surface area contributed by atoms with Crippen molar-refractivity contribution in [3.05, 3.63) is 59.9 Å². The highest BCUT2D eigenvalue weighted by molar-refractivity contribution is 7.91. The number of hydrogen-bond donors (Lipinski definition) is 0. The highest BCUT2D eigenvalue weighted by Crippen LogP contribution is 2.24. The van der Waals surface area contributed by atoms with E-state index < -0.39 is 15.7 Å². The molecule has 1 fully saturated rings. The number of carbonyl (C=O) groups excluding carboxylic acids is 1. The van der Waals surface area contributed by atoms with E-state index in [0.29, 0.717) is 12.0 Å². The minimum Gasteiger partial charge on any atom is -0.338 e. The number of halogens is 1. The summed E-state index contributed by atoms with van der Waals surface area (Å²) < 4.78 is 37.2. The van der Waals surface area contributed by atoms with Crippen molar-refractivity contribution in [3.8, 4) is 11.1 Å². The van der Waals surface area contributed by atoms with E-state index in [1.807, 2.05) is 30.3 Å². The zero-order valence-electron chi connectivity index (χ0n) is 13.3. The summed E-state index contributed by atoms with van der Waals surface area (Å²) in [4.78, 5) is 14.1. The van der Waals surface area contributed by atoms with Crippen molar-refractivity contribution in [2.45, 2.75) is 12.5 Å². The maximum Gasteiger partial charge on any atom is 0.254 e. The Balaban J connectivity index is 1.89. The van der Waals surface area contributed by atoms with Crippen molar-refractivity contribution in [1.29, 1.82) is 0 Å². The fourth-order valence-corrected chi connectivity index (χ4v) is 4.74. The lowest BCUT2D eigenvalue weighted by Crippen LogP contribution is -2.37. The van der Waals surface area contributed by atoms with Gasteiger partial charge in [-0.1, -0.05) is 30.3 Å². The van der Waals surface area contributed by atoms with Crippen LogP contribution in [-0.2, 0) is 9.84 Å². The summed E-state index contributed by atoms with van der Waals surface area (Å²) in [6, 6.07) is 13.1. The van der Waals surface area contributed by atoms with Crippen LogP contribution in [0, 0.1) is 5.82 Å². The van der Waals surface area contributed by atoms with Crippen LogP contribution < -0.4 is 0 Å². The van der Waals surface area contributed by atoms with Gasteiger partial charge in [0.15, 0.2) is 9.84 Å². The highest BCUT2D eigenvalue weighted by atomic mass is 32.2. The first-order valence-electron chi connectivity index (χ1n) is 7.69. The first-order chi connectivity index (χ1) is 11.4. The molecule has 4 nitrogen and oxygen atoms in total. The van der Waals surface area contributed by atoms with E-state index in [-0.39, 0.29) is 29.0 Å². The average Bonchev–Trinajstić information content (AvgIpc) is 2.93. The number of rotatable bonds is 3. The number of sulfone groups is 1. The summed E-state index contributed by atoms with van der Waals surface area (Å²) in [6.07, 6.45) is 0.422. The minimum atomic E-state index is -3.08. The second-order valence-electron chi connectivity index (χ2n) is 6.07. The lowest BCUT2D eigenvalue weighted by molar-refractivity contribution is 0.0747. The van der Waals surface area contributed by atoms with Gasteiger partial charge in [-0.25, -0.2) is 12.8 Å². The van der Waals surface area contributed by atoms with Gasteiger partial charge in [-0.15, -0.1) is 0 Å². The molecule has 2 aromatic carbocycles. The fourth-order valence-electron chi connectivity index (χ4n) is 2.96. The van der Waals surface area contributed by atoms with Crippen molar-refractivity contribution in [2.24, 2.45) is 0 Å². The van der Waals surface area contributed by atoms with E-state index in [4.69, 9.17) is 0 Å². The Morgan fingerprint density at radius 3 is 2.46 bits per heavy atom. The maximum absolute atomic E-state index is 14.0. The zero-order valence-corrected chi connectivity index (χ0v) is 14.1. The van der Waals surface area contributed by atoms with E-state index in [1.54, 1.807) is 13.1 Å². The third-order valence-electron chi connectivity index (χ3n) is 4.33. The topological polar surface area (TPSA) is 54.5 Å². The van der Waals surface area contributed by atoms with E-state index in [9.17, 15) is 17.6 Å². The van der Waals surface area contributed by atoms with Crippen molar-refractivity contribution in [2.75, 3.05) is 18.6 Å². The van der Waals surface area contributed by atoms with E-state index in [1.165, 1.54) is 17.0 Å². The molecule has 1 unspecified atom stereocenters. The zero-order chi connectivity index (χ0) is 17.3. The van der Waals surface area contributed by atoms with E-state index in [2.05, 4.69) is 0 Å². The summed E-state index contributed by atoms with van der Waals surface area (Å²) in [5.74, 6) is -0.801. The van der Waals surface area contributed by atoms with Crippen LogP contribution in [0.3, 0.4) is 0 Å². The standard InChI is InChI=1S/C18H18FNO3S/c1-20(17-7-8-24(22,23)12-17)18(21)15-9-14(10-16(19)11-15)13-5-3-2-4-6-13/h2-6,9-11,17H,7-8,12H2,1H3. The molecule has 0 aliphatic carbocycles. The maximum atomic E-state index is 14.0. The molecule has 126 valence electrons. The molecule has 0 aromatic heterocycles. The summed E-state index contributed by atoms with van der Waals surface area (Å²) in [6.45, 7) is 0. The quantitative estimate of drug-likeness (QED) is 0.858. The van der Waals surface area contributed by atoms with Crippen LogP contribution in [0.4, 0.5) is 4.39 Å². The molecule has 3 rings (SSSR count). The Morgan fingerprint density at radius 2 is 1.83 bits per heavy atom. The van der Waals surface area contributed by atoms with Crippen LogP contribution in [0.1, 0.15) is 16.8 Å². The van der Waals surface area contributed by atoms with Crippen LogP contribution in [0.15, 0.2) is 48.5 Å². The molecule has 6 heteroatoms. The molecule has 24 heavy (non-hydrogen) atoms. The first-order valence-corrected chi connectivity index (χ1v) is 9.51. The van der Waals surface area contributed by atoms with Gasteiger partial charge in [-0.2, -0.15) is 0 Å². The minimum absolute atomic E-state index is 0.0316. The van der Waals surface area contributed by atoms with Gasteiger partial charge in [0.05, 0.1) is 11.5 Å². The second kappa shape index (κ2) is 6.36. The fraction of sp³-hybridized carbons (Fsp3) is 0.278. The predicted molar refractivity (Wildman–Crippen MR) is 91.0 cm³/mol. The molecule has 1 saturated heterocycles. The average molecular weight is 347 g/mol. The lowest BCUT2D eigenvalue weighted by atomic mass is 10.0. The van der Waals surface area contributed by atoms with Crippen LogP contribution in [0.2, 0.25) is 0 Å². The van der Waals surface area contributed by atoms with E-state index in [0.717, 1.165) is 5.56 Å². The van der Waals surface area contributed by atoms with Crippen LogP contribution in [-0.4, -0.2) is 43.8 Å². The van der Waals surface area contributed by atoms with Gasteiger partial charge in [0.2, 0.25) is 0 Å². The molecule has 1 aliphatic rings. The van der Waals surface area contributed by atoms with Gasteiger partial charge in [0, 0.05) is 18.7 Å². The van der Waals surface area contributed by atoms with Gasteiger partial charge in [-0.3, -0.25) is 4.79 Å². The number of hydrogen-bond acceptors (Lipinski definition) is 3. The molecule has 0 bridgehead atoms. The molecule has 0 radical (unpaired) electrons. The van der Waals surface area contributed by atoms with Crippen molar-refractivity contribution in [1.82, 2.24) is 4.90 Å². The van der Waals surface area contributed by atoms with Gasteiger partial charge in [-0.05, 0) is 35.7 Å². The molecule has 1 atom stereocenters. The Hall–Kier alpha value is -2.21. The van der Waals surface area contributed by atoms with Crippen molar-refractivity contribution in [3.63, 3.8) is 0 Å². The molecule has 1 heterocycles. The third kappa shape index (κ3) is 3.48. The Bertz CT molecular complexity index is 865. The molecule has 2 aromatic rings. The summed E-state index contributed by atoms with van der Waals surface area (Å²) in [5.41, 5.74) is 1.66. The lowest BCUT2D eigenvalue weighted by Gasteiger charge is -2.23. The Morgan fingerprint density at radius 1 is 1.12 bits per heavy atom. The SMILES string of the molecule is CN(C(=O)c1cc(F)cc(-c2ccccc2)c1)C1CCS(=O)(=O)C1. The molecular weight excluding hydrogens is 329 g/mol. The predicted octanol–water partition coefficient (Wildman–Crippen LogP) is 2.75. The van der Waals surface area contributed by atoms with Crippen LogP contribution in [0.5, 0.6) is 0 Å².